The topological polar surface area (TPSA) is 107 Å². The Morgan fingerprint density at radius 3 is 2.43 bits per heavy atom. The highest BCUT2D eigenvalue weighted by Gasteiger charge is 2.43. The van der Waals surface area contributed by atoms with E-state index in [9.17, 15) is 23.2 Å². The third-order valence-corrected chi connectivity index (χ3v) is 6.08. The van der Waals surface area contributed by atoms with Gasteiger partial charge in [-0.25, -0.2) is 4.79 Å². The molecule has 10 heteroatoms. The summed E-state index contributed by atoms with van der Waals surface area (Å²) in [7, 11) is 0. The van der Waals surface area contributed by atoms with E-state index in [-0.39, 0.29) is 35.8 Å². The number of anilines is 1. The second-order valence-electron chi connectivity index (χ2n) is 10.1. The second-order valence-corrected chi connectivity index (χ2v) is 10.1. The Bertz CT molecular complexity index is 1370. The Labute approximate surface area is 212 Å². The molecule has 2 aromatic carbocycles. The van der Waals surface area contributed by atoms with Gasteiger partial charge in [-0.05, 0) is 61.2 Å². The predicted molar refractivity (Wildman–Crippen MR) is 132 cm³/mol. The normalized spacial score (nSPS) is 14.1. The number of amides is 1. The maximum absolute atomic E-state index is 13.2. The number of nitrogens with one attached hydrogen (secondary N) is 1. The Morgan fingerprint density at radius 1 is 1.00 bits per heavy atom. The number of aromatic nitrogens is 1. The van der Waals surface area contributed by atoms with E-state index in [1.54, 1.807) is 28.8 Å². The van der Waals surface area contributed by atoms with Gasteiger partial charge in [0.25, 0.3) is 5.78 Å². The van der Waals surface area contributed by atoms with Crippen molar-refractivity contribution in [1.82, 2.24) is 4.57 Å². The van der Waals surface area contributed by atoms with Crippen molar-refractivity contribution in [3.05, 3.63) is 53.7 Å². The predicted octanol–water partition coefficient (Wildman–Crippen LogP) is 5.27. The molecule has 2 N–H and O–H groups in total. The van der Waals surface area contributed by atoms with Gasteiger partial charge in [0.05, 0.1) is 6.54 Å². The zero-order valence-electron chi connectivity index (χ0n) is 20.8. The van der Waals surface area contributed by atoms with E-state index >= 15 is 0 Å². The van der Waals surface area contributed by atoms with Gasteiger partial charge in [0.1, 0.15) is 0 Å². The smallest absolute Gasteiger partial charge is 0.475 e. The monoisotopic (exact) mass is 514 g/mol. The molecular formula is C27H28F2N2O6. The van der Waals surface area contributed by atoms with Gasteiger partial charge in [-0.3, -0.25) is 9.59 Å². The molecule has 0 bridgehead atoms. The fourth-order valence-corrected chi connectivity index (χ4v) is 4.34. The standard InChI is InChI=1S/C27H28F2N2O6/c1-26(2,3)23-14-17-13-18(9-10-19(17)31(23)15-20(32)25(34)35)30-24(33)7-5-4-6-16-8-11-21-22(12-16)37-27(28,29)36-21/h8-14H,4-7,15H2,1-3H3,(H,30,33)(H,34,35). The molecule has 1 aliphatic rings. The van der Waals surface area contributed by atoms with E-state index in [0.717, 1.165) is 16.6 Å². The number of alkyl halides is 2. The van der Waals surface area contributed by atoms with Crippen molar-refractivity contribution >= 4 is 34.3 Å². The number of ether oxygens (including phenoxy) is 2. The third kappa shape index (κ3) is 6.07. The minimum absolute atomic E-state index is 0.00328. The average Bonchev–Trinajstić information content (AvgIpc) is 3.31. The quantitative estimate of drug-likeness (QED) is 0.298. The van der Waals surface area contributed by atoms with E-state index < -0.39 is 18.0 Å². The van der Waals surface area contributed by atoms with Crippen LogP contribution >= 0.6 is 0 Å². The summed E-state index contributed by atoms with van der Waals surface area (Å²) >= 11 is 0. The molecule has 0 unspecified atom stereocenters. The lowest BCUT2D eigenvalue weighted by Crippen LogP contribution is -2.25. The summed E-state index contributed by atoms with van der Waals surface area (Å²) < 4.78 is 36.9. The molecule has 8 nitrogen and oxygen atoms in total. The van der Waals surface area contributed by atoms with E-state index in [1.165, 1.54) is 12.1 Å². The number of nitrogens with zero attached hydrogens (tertiary/aromatic N) is 1. The van der Waals surface area contributed by atoms with Crippen LogP contribution in [0.4, 0.5) is 14.5 Å². The summed E-state index contributed by atoms with van der Waals surface area (Å²) in [5, 5.41) is 12.7. The number of aryl methyl sites for hydroxylation is 1. The number of benzene rings is 2. The van der Waals surface area contributed by atoms with Crippen LogP contribution in [-0.2, 0) is 32.8 Å². The fourth-order valence-electron chi connectivity index (χ4n) is 4.34. The highest BCUT2D eigenvalue weighted by atomic mass is 19.3. The fraction of sp³-hybridized carbons (Fsp3) is 0.370. The Balaban J connectivity index is 1.35. The van der Waals surface area contributed by atoms with Crippen LogP contribution < -0.4 is 14.8 Å². The van der Waals surface area contributed by atoms with Crippen molar-refractivity contribution in [2.24, 2.45) is 0 Å². The van der Waals surface area contributed by atoms with Gasteiger partial charge >= 0.3 is 12.3 Å². The molecule has 0 spiro atoms. The number of hydrogen-bond donors (Lipinski definition) is 2. The van der Waals surface area contributed by atoms with Crippen molar-refractivity contribution in [2.75, 3.05) is 5.32 Å². The van der Waals surface area contributed by atoms with Gasteiger partial charge in [0, 0.05) is 34.1 Å². The van der Waals surface area contributed by atoms with Gasteiger partial charge in [0.15, 0.2) is 11.5 Å². The van der Waals surface area contributed by atoms with E-state index in [4.69, 9.17) is 5.11 Å². The van der Waals surface area contributed by atoms with Crippen LogP contribution in [0.3, 0.4) is 0 Å². The summed E-state index contributed by atoms with van der Waals surface area (Å²) in [6.45, 7) is 5.66. The number of aliphatic carboxylic acids is 1. The summed E-state index contributed by atoms with van der Waals surface area (Å²) in [4.78, 5) is 35.5. The molecular weight excluding hydrogens is 486 g/mol. The highest BCUT2D eigenvalue weighted by molar-refractivity contribution is 6.32. The summed E-state index contributed by atoms with van der Waals surface area (Å²) in [5.74, 6) is -2.54. The van der Waals surface area contributed by atoms with Gasteiger partial charge in [-0.15, -0.1) is 8.78 Å². The van der Waals surface area contributed by atoms with Crippen molar-refractivity contribution in [3.63, 3.8) is 0 Å². The van der Waals surface area contributed by atoms with E-state index in [2.05, 4.69) is 14.8 Å². The average molecular weight is 515 g/mol. The van der Waals surface area contributed by atoms with Gasteiger partial charge in [0.2, 0.25) is 5.91 Å². The maximum atomic E-state index is 13.2. The highest BCUT2D eigenvalue weighted by Crippen LogP contribution is 2.41. The first kappa shape index (κ1) is 26.1. The molecule has 0 radical (unpaired) electrons. The first-order valence-corrected chi connectivity index (χ1v) is 11.9. The first-order chi connectivity index (χ1) is 17.3. The number of Topliss-reactive ketones (excluding diaryl/α,β-unsaturated/α-hetero) is 1. The lowest BCUT2D eigenvalue weighted by Gasteiger charge is -2.21. The Kier molecular flexibility index (Phi) is 6.94. The molecule has 0 saturated heterocycles. The minimum Gasteiger partial charge on any atom is -0.475 e. The number of unbranched alkanes of at least 4 members (excludes halogenated alkanes) is 1. The van der Waals surface area contributed by atoms with Crippen molar-refractivity contribution in [3.8, 4) is 11.5 Å². The largest absolute Gasteiger partial charge is 0.586 e. The number of halogens is 2. The van der Waals surface area contributed by atoms with Crippen LogP contribution in [0, 0.1) is 0 Å². The molecule has 37 heavy (non-hydrogen) atoms. The SMILES string of the molecule is CC(C)(C)c1cc2cc(NC(=O)CCCCc3ccc4c(c3)OC(F)(F)O4)ccc2n1CC(=O)C(=O)O. The minimum atomic E-state index is -3.64. The summed E-state index contributed by atoms with van der Waals surface area (Å²) in [5.41, 5.74) is 2.59. The molecule has 0 fully saturated rings. The Hall–Kier alpha value is -3.95. The Morgan fingerprint density at radius 2 is 1.73 bits per heavy atom. The molecule has 0 saturated carbocycles. The number of carboxylic acids is 1. The molecule has 196 valence electrons. The molecule has 1 amide bonds. The van der Waals surface area contributed by atoms with Crippen molar-refractivity contribution in [2.45, 2.75) is 64.7 Å². The number of carbonyl (C=O) groups excluding carboxylic acids is 2. The zero-order valence-corrected chi connectivity index (χ0v) is 20.8. The van der Waals surface area contributed by atoms with Gasteiger partial charge in [-0.2, -0.15) is 0 Å². The number of rotatable bonds is 9. The molecule has 0 atom stereocenters. The van der Waals surface area contributed by atoms with Crippen LogP contribution in [0.1, 0.15) is 51.3 Å². The second kappa shape index (κ2) is 9.84. The summed E-state index contributed by atoms with van der Waals surface area (Å²) in [6.07, 6.45) is -1.49. The lowest BCUT2D eigenvalue weighted by atomic mass is 9.92. The molecule has 1 aliphatic heterocycles. The zero-order chi connectivity index (χ0) is 27.0. The third-order valence-electron chi connectivity index (χ3n) is 6.08. The molecule has 0 aliphatic carbocycles. The first-order valence-electron chi connectivity index (χ1n) is 11.9. The number of hydrogen-bond acceptors (Lipinski definition) is 5. The molecule has 2 heterocycles. The summed E-state index contributed by atoms with van der Waals surface area (Å²) in [6, 6.07) is 11.8. The lowest BCUT2D eigenvalue weighted by molar-refractivity contribution is -0.286. The number of carboxylic acid groups (broad SMARTS) is 1. The number of ketones is 1. The van der Waals surface area contributed by atoms with Crippen LogP contribution in [0.5, 0.6) is 11.5 Å². The molecule has 1 aromatic heterocycles. The van der Waals surface area contributed by atoms with Crippen LogP contribution in [0.15, 0.2) is 42.5 Å². The van der Waals surface area contributed by atoms with Gasteiger partial charge in [-0.1, -0.05) is 26.8 Å². The van der Waals surface area contributed by atoms with Gasteiger partial charge < -0.3 is 24.5 Å². The number of carbonyl (C=O) groups is 3. The molecule has 4 rings (SSSR count). The van der Waals surface area contributed by atoms with Crippen molar-refractivity contribution < 1.29 is 37.7 Å². The van der Waals surface area contributed by atoms with Crippen LogP contribution in [-0.4, -0.2) is 33.6 Å². The number of fused-ring (bicyclic) bond motifs is 2. The van der Waals surface area contributed by atoms with Crippen LogP contribution in [0.2, 0.25) is 0 Å². The van der Waals surface area contributed by atoms with E-state index in [1.807, 2.05) is 26.8 Å². The van der Waals surface area contributed by atoms with E-state index in [0.29, 0.717) is 30.5 Å². The van der Waals surface area contributed by atoms with Crippen LogP contribution in [0.25, 0.3) is 10.9 Å². The maximum Gasteiger partial charge on any atom is 0.586 e. The van der Waals surface area contributed by atoms with Crippen molar-refractivity contribution in [1.29, 1.82) is 0 Å². The molecule has 3 aromatic rings.